The lowest BCUT2D eigenvalue weighted by Gasteiger charge is -2.17. The van der Waals surface area contributed by atoms with Crippen molar-refractivity contribution in [3.05, 3.63) is 33.8 Å². The molecule has 1 aromatic rings. The normalized spacial score (nSPS) is 12.2. The zero-order valence-corrected chi connectivity index (χ0v) is 11.3. The Labute approximate surface area is 111 Å². The van der Waals surface area contributed by atoms with Crippen molar-refractivity contribution < 1.29 is 9.53 Å². The number of carbonyl (C=O) groups is 1. The molecule has 5 heteroatoms. The number of nitrogens with one attached hydrogen (secondary N) is 1. The second-order valence-electron chi connectivity index (χ2n) is 3.45. The Morgan fingerprint density at radius 1 is 1.29 bits per heavy atom. The second kappa shape index (κ2) is 6.84. The van der Waals surface area contributed by atoms with Crippen molar-refractivity contribution >= 4 is 29.2 Å². The van der Waals surface area contributed by atoms with Crippen LogP contribution >= 0.6 is 23.2 Å². The molecule has 0 aliphatic heterocycles. The second-order valence-corrected chi connectivity index (χ2v) is 4.32. The molecule has 0 bridgehead atoms. The SMILES string of the molecule is CCNC(C(=O)OCC)c1cc(Cl)cc(Cl)c1. The predicted molar refractivity (Wildman–Crippen MR) is 69.5 cm³/mol. The van der Waals surface area contributed by atoms with Crippen LogP contribution in [0.25, 0.3) is 0 Å². The molecule has 0 aliphatic rings. The Balaban J connectivity index is 3.00. The van der Waals surface area contributed by atoms with E-state index in [9.17, 15) is 4.79 Å². The predicted octanol–water partition coefficient (Wildman–Crippen LogP) is 3.21. The van der Waals surface area contributed by atoms with E-state index in [4.69, 9.17) is 27.9 Å². The van der Waals surface area contributed by atoms with E-state index in [0.29, 0.717) is 28.8 Å². The summed E-state index contributed by atoms with van der Waals surface area (Å²) in [7, 11) is 0. The van der Waals surface area contributed by atoms with Gasteiger partial charge in [-0.1, -0.05) is 30.1 Å². The molecular formula is C12H15Cl2NO2. The first kappa shape index (κ1) is 14.3. The number of esters is 1. The van der Waals surface area contributed by atoms with E-state index in [1.807, 2.05) is 6.92 Å². The summed E-state index contributed by atoms with van der Waals surface area (Å²) in [4.78, 5) is 11.8. The average molecular weight is 276 g/mol. The minimum atomic E-state index is -0.531. The number of benzene rings is 1. The highest BCUT2D eigenvalue weighted by atomic mass is 35.5. The van der Waals surface area contributed by atoms with Crippen LogP contribution in [-0.4, -0.2) is 19.1 Å². The molecule has 0 fully saturated rings. The third-order valence-corrected chi connectivity index (χ3v) is 2.59. The molecule has 0 amide bonds. The Morgan fingerprint density at radius 2 is 1.88 bits per heavy atom. The molecule has 1 aromatic carbocycles. The number of rotatable bonds is 5. The molecule has 1 N–H and O–H groups in total. The van der Waals surface area contributed by atoms with Gasteiger partial charge in [-0.25, -0.2) is 4.79 Å². The van der Waals surface area contributed by atoms with Crippen LogP contribution in [0.2, 0.25) is 10.0 Å². The van der Waals surface area contributed by atoms with Crippen LogP contribution in [0.5, 0.6) is 0 Å². The lowest BCUT2D eigenvalue weighted by Crippen LogP contribution is -2.30. The lowest BCUT2D eigenvalue weighted by atomic mass is 10.1. The van der Waals surface area contributed by atoms with E-state index in [1.165, 1.54) is 0 Å². The van der Waals surface area contributed by atoms with Crippen LogP contribution < -0.4 is 5.32 Å². The van der Waals surface area contributed by atoms with Gasteiger partial charge in [0.05, 0.1) is 6.61 Å². The number of carbonyl (C=O) groups excluding carboxylic acids is 1. The molecular weight excluding hydrogens is 261 g/mol. The molecule has 0 saturated carbocycles. The molecule has 0 radical (unpaired) electrons. The van der Waals surface area contributed by atoms with Gasteiger partial charge < -0.3 is 10.1 Å². The van der Waals surface area contributed by atoms with Gasteiger partial charge in [0.25, 0.3) is 0 Å². The Hall–Kier alpha value is -0.770. The summed E-state index contributed by atoms with van der Waals surface area (Å²) < 4.78 is 5.00. The van der Waals surface area contributed by atoms with Crippen molar-refractivity contribution in [3.8, 4) is 0 Å². The third kappa shape index (κ3) is 4.19. The zero-order valence-electron chi connectivity index (χ0n) is 9.80. The number of halogens is 2. The lowest BCUT2D eigenvalue weighted by molar-refractivity contribution is -0.145. The number of likely N-dealkylation sites (N-methyl/N-ethyl adjacent to an activating group) is 1. The van der Waals surface area contributed by atoms with E-state index in [0.717, 1.165) is 0 Å². The number of ether oxygens (including phenoxy) is 1. The Kier molecular flexibility index (Phi) is 5.75. The largest absolute Gasteiger partial charge is 0.465 e. The van der Waals surface area contributed by atoms with Gasteiger partial charge in [0.15, 0.2) is 0 Å². The average Bonchev–Trinajstić information content (AvgIpc) is 2.24. The molecule has 0 aromatic heterocycles. The molecule has 3 nitrogen and oxygen atoms in total. The topological polar surface area (TPSA) is 38.3 Å². The summed E-state index contributed by atoms with van der Waals surface area (Å²) in [6.45, 7) is 4.67. The van der Waals surface area contributed by atoms with Crippen molar-refractivity contribution in [2.24, 2.45) is 0 Å². The first-order valence-electron chi connectivity index (χ1n) is 5.44. The maximum absolute atomic E-state index is 11.8. The fourth-order valence-corrected chi connectivity index (χ4v) is 2.05. The van der Waals surface area contributed by atoms with Gasteiger partial charge >= 0.3 is 5.97 Å². The number of hydrogen-bond donors (Lipinski definition) is 1. The van der Waals surface area contributed by atoms with Crippen LogP contribution in [0.1, 0.15) is 25.5 Å². The smallest absolute Gasteiger partial charge is 0.327 e. The van der Waals surface area contributed by atoms with Crippen molar-refractivity contribution in [1.29, 1.82) is 0 Å². The Bertz CT molecular complexity index is 376. The van der Waals surface area contributed by atoms with Crippen molar-refractivity contribution in [3.63, 3.8) is 0 Å². The van der Waals surface area contributed by atoms with E-state index >= 15 is 0 Å². The first-order chi connectivity index (χ1) is 8.08. The summed E-state index contributed by atoms with van der Waals surface area (Å²) in [5.74, 6) is -0.326. The molecule has 17 heavy (non-hydrogen) atoms. The Morgan fingerprint density at radius 3 is 2.35 bits per heavy atom. The van der Waals surface area contributed by atoms with Gasteiger partial charge in [-0.2, -0.15) is 0 Å². The molecule has 0 aliphatic carbocycles. The van der Waals surface area contributed by atoms with E-state index in [2.05, 4.69) is 5.32 Å². The third-order valence-electron chi connectivity index (χ3n) is 2.15. The zero-order chi connectivity index (χ0) is 12.8. The molecule has 1 rings (SSSR count). The molecule has 1 atom stereocenters. The summed E-state index contributed by atoms with van der Waals surface area (Å²) in [6, 6.07) is 4.51. The summed E-state index contributed by atoms with van der Waals surface area (Å²) >= 11 is 11.8. The highest BCUT2D eigenvalue weighted by Gasteiger charge is 2.21. The summed E-state index contributed by atoms with van der Waals surface area (Å²) in [5, 5.41) is 4.05. The standard InChI is InChI=1S/C12H15Cl2NO2/c1-3-15-11(12(16)17-4-2)8-5-9(13)7-10(14)6-8/h5-7,11,15H,3-4H2,1-2H3. The van der Waals surface area contributed by atoms with Gasteiger partial charge in [-0.05, 0) is 37.2 Å². The maximum Gasteiger partial charge on any atom is 0.327 e. The van der Waals surface area contributed by atoms with Gasteiger partial charge in [0.1, 0.15) is 6.04 Å². The van der Waals surface area contributed by atoms with Crippen molar-refractivity contribution in [2.75, 3.05) is 13.2 Å². The minimum absolute atomic E-state index is 0.326. The van der Waals surface area contributed by atoms with Crippen LogP contribution in [-0.2, 0) is 9.53 Å². The van der Waals surface area contributed by atoms with Crippen LogP contribution in [0.4, 0.5) is 0 Å². The monoisotopic (exact) mass is 275 g/mol. The van der Waals surface area contributed by atoms with Crippen molar-refractivity contribution in [1.82, 2.24) is 5.32 Å². The molecule has 1 unspecified atom stereocenters. The van der Waals surface area contributed by atoms with Crippen LogP contribution in [0.15, 0.2) is 18.2 Å². The van der Waals surface area contributed by atoms with E-state index in [1.54, 1.807) is 25.1 Å². The molecule has 0 spiro atoms. The number of hydrogen-bond acceptors (Lipinski definition) is 3. The van der Waals surface area contributed by atoms with Crippen LogP contribution in [0, 0.1) is 0 Å². The van der Waals surface area contributed by atoms with Crippen molar-refractivity contribution in [2.45, 2.75) is 19.9 Å². The van der Waals surface area contributed by atoms with Gasteiger partial charge in [0, 0.05) is 10.0 Å². The minimum Gasteiger partial charge on any atom is -0.465 e. The van der Waals surface area contributed by atoms with E-state index in [-0.39, 0.29) is 5.97 Å². The maximum atomic E-state index is 11.8. The molecule has 0 saturated heterocycles. The fraction of sp³-hybridized carbons (Fsp3) is 0.417. The molecule has 94 valence electrons. The highest BCUT2D eigenvalue weighted by Crippen LogP contribution is 2.24. The summed E-state index contributed by atoms with van der Waals surface area (Å²) in [5.41, 5.74) is 0.711. The summed E-state index contributed by atoms with van der Waals surface area (Å²) in [6.07, 6.45) is 0. The molecule has 0 heterocycles. The fourth-order valence-electron chi connectivity index (χ4n) is 1.51. The quantitative estimate of drug-likeness (QED) is 0.839. The van der Waals surface area contributed by atoms with Gasteiger partial charge in [-0.3, -0.25) is 0 Å². The first-order valence-corrected chi connectivity index (χ1v) is 6.20. The van der Waals surface area contributed by atoms with Gasteiger partial charge in [0.2, 0.25) is 0 Å². The highest BCUT2D eigenvalue weighted by molar-refractivity contribution is 6.34. The van der Waals surface area contributed by atoms with Crippen LogP contribution in [0.3, 0.4) is 0 Å². The van der Waals surface area contributed by atoms with E-state index < -0.39 is 6.04 Å². The van der Waals surface area contributed by atoms with Gasteiger partial charge in [-0.15, -0.1) is 0 Å².